The number of carbonyl (C=O) groups excluding carboxylic acids is 1. The predicted octanol–water partition coefficient (Wildman–Crippen LogP) is 2.74. The van der Waals surface area contributed by atoms with Gasteiger partial charge in [0.1, 0.15) is 0 Å². The minimum atomic E-state index is -4.31. The molecule has 1 aliphatic rings. The summed E-state index contributed by atoms with van der Waals surface area (Å²) < 4.78 is 37.8. The van der Waals surface area contributed by atoms with Gasteiger partial charge in [0.2, 0.25) is 5.91 Å². The molecular weight excluding hydrogens is 319 g/mol. The Hall–Kier alpha value is -1.76. The van der Waals surface area contributed by atoms with E-state index in [-0.39, 0.29) is 11.4 Å². The van der Waals surface area contributed by atoms with Gasteiger partial charge in [-0.25, -0.2) is 0 Å². The second-order valence-corrected chi connectivity index (χ2v) is 7.11. The van der Waals surface area contributed by atoms with Gasteiger partial charge in [-0.3, -0.25) is 9.69 Å². The number of piperazine rings is 1. The van der Waals surface area contributed by atoms with E-state index < -0.39 is 11.7 Å². The molecule has 0 unspecified atom stereocenters. The molecule has 0 aliphatic carbocycles. The highest BCUT2D eigenvalue weighted by molar-refractivity contribution is 5.78. The topological polar surface area (TPSA) is 35.6 Å². The van der Waals surface area contributed by atoms with Gasteiger partial charge < -0.3 is 10.2 Å². The van der Waals surface area contributed by atoms with Crippen LogP contribution >= 0.6 is 0 Å². The minimum Gasteiger partial charge on any atom is -0.369 e. The molecule has 1 aromatic rings. The fourth-order valence-corrected chi connectivity index (χ4v) is 2.69. The molecule has 1 amide bonds. The number of nitrogens with one attached hydrogen (secondary N) is 1. The highest BCUT2D eigenvalue weighted by atomic mass is 19.4. The van der Waals surface area contributed by atoms with Crippen molar-refractivity contribution in [3.8, 4) is 0 Å². The molecule has 0 saturated carbocycles. The fourth-order valence-electron chi connectivity index (χ4n) is 2.69. The van der Waals surface area contributed by atoms with Crippen molar-refractivity contribution < 1.29 is 18.0 Å². The number of benzene rings is 1. The van der Waals surface area contributed by atoms with E-state index in [0.29, 0.717) is 32.7 Å². The van der Waals surface area contributed by atoms with Crippen LogP contribution in [0.5, 0.6) is 0 Å². The molecule has 134 valence electrons. The zero-order chi connectivity index (χ0) is 18.0. The van der Waals surface area contributed by atoms with E-state index in [1.54, 1.807) is 0 Å². The van der Waals surface area contributed by atoms with Crippen LogP contribution in [-0.2, 0) is 11.0 Å². The van der Waals surface area contributed by atoms with Crippen LogP contribution < -0.4 is 10.2 Å². The second kappa shape index (κ2) is 7.01. The van der Waals surface area contributed by atoms with Gasteiger partial charge in [-0.1, -0.05) is 0 Å². The third kappa shape index (κ3) is 5.40. The van der Waals surface area contributed by atoms with E-state index in [1.165, 1.54) is 12.1 Å². The summed E-state index contributed by atoms with van der Waals surface area (Å²) >= 11 is 0. The summed E-state index contributed by atoms with van der Waals surface area (Å²) in [6.45, 7) is 8.95. The molecule has 1 saturated heterocycles. The Morgan fingerprint density at radius 2 is 1.58 bits per heavy atom. The van der Waals surface area contributed by atoms with Crippen LogP contribution in [0.4, 0.5) is 18.9 Å². The first-order valence-corrected chi connectivity index (χ1v) is 8.00. The Morgan fingerprint density at radius 3 is 2.04 bits per heavy atom. The van der Waals surface area contributed by atoms with Gasteiger partial charge in [-0.15, -0.1) is 0 Å². The molecule has 1 heterocycles. The van der Waals surface area contributed by atoms with Crippen LogP contribution in [0, 0.1) is 0 Å². The lowest BCUT2D eigenvalue weighted by Gasteiger charge is -2.36. The first-order chi connectivity index (χ1) is 11.0. The van der Waals surface area contributed by atoms with E-state index in [9.17, 15) is 18.0 Å². The Kier molecular flexibility index (Phi) is 5.42. The number of hydrogen-bond donors (Lipinski definition) is 1. The number of nitrogens with zero attached hydrogens (tertiary/aromatic N) is 2. The van der Waals surface area contributed by atoms with Crippen molar-refractivity contribution in [1.82, 2.24) is 10.2 Å². The summed E-state index contributed by atoms with van der Waals surface area (Å²) in [6.07, 6.45) is -4.31. The standard InChI is InChI=1S/C17H24F3N3O/c1-16(2,3)21-15(24)12-22-8-10-23(11-9-22)14-6-4-13(5-7-14)17(18,19)20/h4-7H,8-12H2,1-3H3,(H,21,24). The molecule has 0 aromatic heterocycles. The van der Waals surface area contributed by atoms with E-state index in [0.717, 1.165) is 17.8 Å². The van der Waals surface area contributed by atoms with Crippen molar-refractivity contribution in [2.24, 2.45) is 0 Å². The van der Waals surface area contributed by atoms with Crippen molar-refractivity contribution >= 4 is 11.6 Å². The van der Waals surface area contributed by atoms with Crippen LogP contribution in [0.25, 0.3) is 0 Å². The van der Waals surface area contributed by atoms with Crippen LogP contribution in [0.3, 0.4) is 0 Å². The molecule has 4 nitrogen and oxygen atoms in total. The van der Waals surface area contributed by atoms with Gasteiger partial charge in [0, 0.05) is 37.4 Å². The van der Waals surface area contributed by atoms with Crippen molar-refractivity contribution in [2.45, 2.75) is 32.5 Å². The SMILES string of the molecule is CC(C)(C)NC(=O)CN1CCN(c2ccc(C(F)(F)F)cc2)CC1. The van der Waals surface area contributed by atoms with Gasteiger partial charge in [0.25, 0.3) is 0 Å². The number of carbonyl (C=O) groups is 1. The van der Waals surface area contributed by atoms with Gasteiger partial charge in [0.05, 0.1) is 12.1 Å². The van der Waals surface area contributed by atoms with Crippen LogP contribution in [0.1, 0.15) is 26.3 Å². The zero-order valence-electron chi connectivity index (χ0n) is 14.3. The summed E-state index contributed by atoms with van der Waals surface area (Å²) in [4.78, 5) is 16.0. The lowest BCUT2D eigenvalue weighted by atomic mass is 10.1. The minimum absolute atomic E-state index is 0.00881. The Labute approximate surface area is 140 Å². The van der Waals surface area contributed by atoms with Crippen molar-refractivity contribution in [2.75, 3.05) is 37.6 Å². The third-order valence-electron chi connectivity index (χ3n) is 3.81. The normalized spacial score (nSPS) is 17.0. The third-order valence-corrected chi connectivity index (χ3v) is 3.81. The molecule has 1 aromatic carbocycles. The largest absolute Gasteiger partial charge is 0.416 e. The number of rotatable bonds is 3. The van der Waals surface area contributed by atoms with Gasteiger partial charge in [-0.05, 0) is 45.0 Å². The summed E-state index contributed by atoms with van der Waals surface area (Å²) in [5.74, 6) is -0.00881. The highest BCUT2D eigenvalue weighted by Crippen LogP contribution is 2.30. The lowest BCUT2D eigenvalue weighted by molar-refractivity contribution is -0.137. The van der Waals surface area contributed by atoms with Crippen LogP contribution in [0.15, 0.2) is 24.3 Å². The quantitative estimate of drug-likeness (QED) is 0.917. The van der Waals surface area contributed by atoms with E-state index in [4.69, 9.17) is 0 Å². The molecule has 1 fully saturated rings. The average molecular weight is 343 g/mol. The Balaban J connectivity index is 1.85. The van der Waals surface area contributed by atoms with Crippen LogP contribution in [-0.4, -0.2) is 49.1 Å². The predicted molar refractivity (Wildman–Crippen MR) is 88.0 cm³/mol. The van der Waals surface area contributed by atoms with Crippen molar-refractivity contribution in [1.29, 1.82) is 0 Å². The maximum Gasteiger partial charge on any atom is 0.416 e. The summed E-state index contributed by atoms with van der Waals surface area (Å²) in [7, 11) is 0. The smallest absolute Gasteiger partial charge is 0.369 e. The van der Waals surface area contributed by atoms with E-state index in [1.807, 2.05) is 25.7 Å². The summed E-state index contributed by atoms with van der Waals surface area (Å²) in [5, 5.41) is 2.93. The molecule has 0 atom stereocenters. The molecule has 2 rings (SSSR count). The molecule has 1 aliphatic heterocycles. The molecule has 0 radical (unpaired) electrons. The Bertz CT molecular complexity index is 556. The lowest BCUT2D eigenvalue weighted by Crippen LogP contribution is -2.51. The number of halogens is 3. The van der Waals surface area contributed by atoms with Gasteiger partial charge in [-0.2, -0.15) is 13.2 Å². The van der Waals surface area contributed by atoms with E-state index >= 15 is 0 Å². The fraction of sp³-hybridized carbons (Fsp3) is 0.588. The second-order valence-electron chi connectivity index (χ2n) is 7.11. The van der Waals surface area contributed by atoms with E-state index in [2.05, 4.69) is 10.2 Å². The van der Waals surface area contributed by atoms with Crippen LogP contribution in [0.2, 0.25) is 0 Å². The Morgan fingerprint density at radius 1 is 1.04 bits per heavy atom. The number of anilines is 1. The first kappa shape index (κ1) is 18.6. The maximum atomic E-state index is 12.6. The first-order valence-electron chi connectivity index (χ1n) is 8.00. The molecule has 0 spiro atoms. The number of hydrogen-bond acceptors (Lipinski definition) is 3. The summed E-state index contributed by atoms with van der Waals surface area (Å²) in [5.41, 5.74) is -0.107. The average Bonchev–Trinajstić information content (AvgIpc) is 2.45. The van der Waals surface area contributed by atoms with Gasteiger partial charge >= 0.3 is 6.18 Å². The monoisotopic (exact) mass is 343 g/mol. The van der Waals surface area contributed by atoms with Crippen molar-refractivity contribution in [3.05, 3.63) is 29.8 Å². The maximum absolute atomic E-state index is 12.6. The molecule has 1 N–H and O–H groups in total. The molecule has 0 bridgehead atoms. The summed E-state index contributed by atoms with van der Waals surface area (Å²) in [6, 6.07) is 5.23. The van der Waals surface area contributed by atoms with Gasteiger partial charge in [0.15, 0.2) is 0 Å². The zero-order valence-corrected chi connectivity index (χ0v) is 14.3. The molecule has 7 heteroatoms. The number of alkyl halides is 3. The highest BCUT2D eigenvalue weighted by Gasteiger charge is 2.30. The van der Waals surface area contributed by atoms with Crippen molar-refractivity contribution in [3.63, 3.8) is 0 Å². The number of amides is 1. The molecular formula is C17H24F3N3O. The molecule has 24 heavy (non-hydrogen) atoms.